The maximum Gasteiger partial charge on any atom is 0.220 e. The van der Waals surface area contributed by atoms with Gasteiger partial charge >= 0.3 is 0 Å². The number of aromatic nitrogens is 4. The first kappa shape index (κ1) is 29.9. The molecule has 0 aliphatic carbocycles. The van der Waals surface area contributed by atoms with Gasteiger partial charge in [0.1, 0.15) is 0 Å². The van der Waals surface area contributed by atoms with Crippen LogP contribution in [0.5, 0.6) is 0 Å². The number of allylic oxidation sites excluding steroid dienone is 4. The van der Waals surface area contributed by atoms with Gasteiger partial charge in [0.25, 0.3) is 0 Å². The number of amides is 1. The van der Waals surface area contributed by atoms with Gasteiger partial charge in [-0.25, -0.2) is 9.97 Å². The summed E-state index contributed by atoms with van der Waals surface area (Å²) >= 11 is 0. The molecule has 5 rings (SSSR count). The smallest absolute Gasteiger partial charge is 0.220 e. The number of hydrogen-bond acceptors (Lipinski definition) is 5. The number of hydrogen-bond donors (Lipinski definition) is 5. The summed E-state index contributed by atoms with van der Waals surface area (Å²) in [6.07, 6.45) is 3.77. The van der Waals surface area contributed by atoms with Crippen LogP contribution in [0.25, 0.3) is 56.5 Å². The normalized spacial score (nSPS) is 13.2. The third-order valence-corrected chi connectivity index (χ3v) is 8.57. The maximum atomic E-state index is 12.2. The van der Waals surface area contributed by atoms with Crippen molar-refractivity contribution < 1.29 is 15.0 Å². The van der Waals surface area contributed by atoms with Crippen LogP contribution < -0.4 is 5.32 Å². The fourth-order valence-electron chi connectivity index (χ4n) is 5.94. The Hall–Kier alpha value is -4.53. The lowest BCUT2D eigenvalue weighted by molar-refractivity contribution is -0.120. The van der Waals surface area contributed by atoms with Crippen LogP contribution >= 0.6 is 0 Å². The summed E-state index contributed by atoms with van der Waals surface area (Å²) in [5.74, 6) is -0.0410. The Morgan fingerprint density at radius 1 is 0.791 bits per heavy atom. The Morgan fingerprint density at radius 3 is 1.79 bits per heavy atom. The number of rotatable bonds is 8. The first-order valence-corrected chi connectivity index (χ1v) is 14.5. The van der Waals surface area contributed by atoms with Crippen LogP contribution in [-0.2, 0) is 4.79 Å². The van der Waals surface area contributed by atoms with Crippen molar-refractivity contribution in [2.75, 3.05) is 7.05 Å². The van der Waals surface area contributed by atoms with Gasteiger partial charge < -0.3 is 25.5 Å². The lowest BCUT2D eigenvalue weighted by Gasteiger charge is -2.07. The third-order valence-electron chi connectivity index (χ3n) is 8.57. The number of aryl methyl sites for hydroxylation is 2. The molecule has 0 spiro atoms. The van der Waals surface area contributed by atoms with Crippen molar-refractivity contribution in [3.05, 3.63) is 82.5 Å². The SMILES string of the molecule is C=Cc1c(C)c2cc3[nH]c(cc4nc(cc5nc(cc1[nH]2)C(C)=C5CCC(=O)NC)C(CCC(O)O)=C4C)c(C)c3C=C. The second kappa shape index (κ2) is 12.0. The third kappa shape index (κ3) is 5.63. The molecule has 0 aromatic carbocycles. The van der Waals surface area contributed by atoms with E-state index in [4.69, 9.17) is 9.97 Å². The molecule has 0 fully saturated rings. The molecule has 0 radical (unpaired) electrons. The van der Waals surface area contributed by atoms with Gasteiger partial charge in [0.05, 0.1) is 22.8 Å². The summed E-state index contributed by atoms with van der Waals surface area (Å²) in [6, 6.07) is 8.13. The Labute approximate surface area is 251 Å². The van der Waals surface area contributed by atoms with Crippen LogP contribution in [0.15, 0.2) is 37.4 Å². The fourth-order valence-corrected chi connectivity index (χ4v) is 5.94. The molecule has 8 nitrogen and oxygen atoms in total. The number of H-pyrrole nitrogens is 2. The van der Waals surface area contributed by atoms with Gasteiger partial charge in [-0.05, 0) is 98.2 Å². The Kier molecular flexibility index (Phi) is 8.35. The summed E-state index contributed by atoms with van der Waals surface area (Å²) in [7, 11) is 1.64. The minimum atomic E-state index is -1.42. The van der Waals surface area contributed by atoms with E-state index in [0.29, 0.717) is 19.3 Å². The standard InChI is InChI=1S/C35H39N5O3/c1-8-22-18(3)26-14-27-21(6)25(11-13-35(42)43)33(39-27)17-32-24(10-12-34(41)36-7)20(5)29(40-32)16-31-23(9-2)19(4)28(38-31)15-30(22)37-26/h8-9,14-17,35,37-38,42-43H,1-2,10-13H2,3-7H3,(H,36,41). The Balaban J connectivity index is 1.91. The van der Waals surface area contributed by atoms with Crippen LogP contribution in [0.2, 0.25) is 0 Å². The van der Waals surface area contributed by atoms with Gasteiger partial charge in [-0.15, -0.1) is 0 Å². The summed E-state index contributed by atoms with van der Waals surface area (Å²) in [4.78, 5) is 29.5. The highest BCUT2D eigenvalue weighted by atomic mass is 16.5. The molecule has 8 heteroatoms. The Morgan fingerprint density at radius 2 is 1.28 bits per heavy atom. The molecule has 0 atom stereocenters. The van der Waals surface area contributed by atoms with Gasteiger partial charge in [0.2, 0.25) is 5.91 Å². The number of carbonyl (C=O) groups excluding carboxylic acids is 1. The second-order valence-corrected chi connectivity index (χ2v) is 11.1. The van der Waals surface area contributed by atoms with E-state index in [1.165, 1.54) is 0 Å². The molecule has 43 heavy (non-hydrogen) atoms. The predicted molar refractivity (Wildman–Crippen MR) is 176 cm³/mol. The Bertz CT molecular complexity index is 1880. The number of aromatic amines is 2. The molecule has 0 saturated heterocycles. The number of fused-ring (bicyclic) bond motifs is 8. The molecule has 0 saturated carbocycles. The van der Waals surface area contributed by atoms with E-state index >= 15 is 0 Å². The average Bonchev–Trinajstić information content (AvgIpc) is 3.63. The first-order valence-electron chi connectivity index (χ1n) is 14.5. The molecule has 8 bridgehead atoms. The summed E-state index contributed by atoms with van der Waals surface area (Å²) in [5.41, 5.74) is 14.8. The number of aliphatic hydroxyl groups is 2. The predicted octanol–water partition coefficient (Wildman–Crippen LogP) is 6.70. The zero-order chi connectivity index (χ0) is 31.0. The molecule has 1 amide bonds. The van der Waals surface area contributed by atoms with Gasteiger partial charge in [-0.2, -0.15) is 0 Å². The van der Waals surface area contributed by atoms with E-state index in [1.54, 1.807) is 7.05 Å². The van der Waals surface area contributed by atoms with Crippen molar-refractivity contribution in [3.8, 4) is 0 Å². The van der Waals surface area contributed by atoms with Gasteiger partial charge in [-0.1, -0.05) is 25.3 Å². The summed E-state index contributed by atoms with van der Waals surface area (Å²) in [5, 5.41) is 22.1. The van der Waals surface area contributed by atoms with Crippen molar-refractivity contribution in [1.82, 2.24) is 25.3 Å². The summed E-state index contributed by atoms with van der Waals surface area (Å²) in [6.45, 7) is 16.3. The average molecular weight is 578 g/mol. The van der Waals surface area contributed by atoms with Crippen molar-refractivity contribution in [2.45, 2.75) is 59.7 Å². The second-order valence-electron chi connectivity index (χ2n) is 11.1. The van der Waals surface area contributed by atoms with E-state index in [-0.39, 0.29) is 12.3 Å². The van der Waals surface area contributed by atoms with Crippen LogP contribution in [0.3, 0.4) is 0 Å². The van der Waals surface area contributed by atoms with Crippen LogP contribution in [-0.4, -0.2) is 49.4 Å². The highest BCUT2D eigenvalue weighted by Gasteiger charge is 2.22. The summed E-state index contributed by atoms with van der Waals surface area (Å²) < 4.78 is 0. The molecule has 3 aromatic heterocycles. The van der Waals surface area contributed by atoms with Gasteiger partial charge in [0.15, 0.2) is 6.29 Å². The highest BCUT2D eigenvalue weighted by Crippen LogP contribution is 2.38. The van der Waals surface area contributed by atoms with Crippen LogP contribution in [0, 0.1) is 13.8 Å². The molecular weight excluding hydrogens is 538 g/mol. The molecule has 2 aliphatic rings. The van der Waals surface area contributed by atoms with Crippen LogP contribution in [0.1, 0.15) is 84.6 Å². The lowest BCUT2D eigenvalue weighted by atomic mass is 9.98. The van der Waals surface area contributed by atoms with E-state index in [9.17, 15) is 15.0 Å². The monoisotopic (exact) mass is 577 g/mol. The zero-order valence-corrected chi connectivity index (χ0v) is 25.5. The quantitative estimate of drug-likeness (QED) is 0.191. The molecule has 5 N–H and O–H groups in total. The van der Waals surface area contributed by atoms with Crippen molar-refractivity contribution in [1.29, 1.82) is 0 Å². The van der Waals surface area contributed by atoms with E-state index in [0.717, 1.165) is 89.4 Å². The van der Waals surface area contributed by atoms with Crippen molar-refractivity contribution in [2.24, 2.45) is 0 Å². The minimum absolute atomic E-state index is 0.0410. The lowest BCUT2D eigenvalue weighted by Crippen LogP contribution is -2.17. The maximum absolute atomic E-state index is 12.2. The number of nitrogens with one attached hydrogen (secondary N) is 3. The minimum Gasteiger partial charge on any atom is -0.368 e. The molecule has 2 aliphatic heterocycles. The van der Waals surface area contributed by atoms with Crippen LogP contribution in [0.4, 0.5) is 0 Å². The molecule has 222 valence electrons. The first-order chi connectivity index (χ1) is 20.6. The number of aliphatic hydroxyl groups excluding tert-OH is 1. The molecular formula is C35H39N5O3. The molecule has 0 unspecified atom stereocenters. The topological polar surface area (TPSA) is 127 Å². The van der Waals surface area contributed by atoms with E-state index < -0.39 is 6.29 Å². The van der Waals surface area contributed by atoms with Crippen molar-refractivity contribution in [3.63, 3.8) is 0 Å². The fraction of sp³-hybridized carbons (Fsp3) is 0.286. The van der Waals surface area contributed by atoms with Gasteiger partial charge in [0, 0.05) is 53.1 Å². The highest BCUT2D eigenvalue weighted by molar-refractivity contribution is 5.97. The number of carbonyl (C=O) groups is 1. The number of nitrogens with zero attached hydrogens (tertiary/aromatic N) is 2. The largest absolute Gasteiger partial charge is 0.368 e. The molecule has 3 aromatic rings. The zero-order valence-electron chi connectivity index (χ0n) is 25.5. The van der Waals surface area contributed by atoms with E-state index in [1.807, 2.05) is 44.2 Å². The van der Waals surface area contributed by atoms with E-state index in [2.05, 4.69) is 48.4 Å². The van der Waals surface area contributed by atoms with Crippen molar-refractivity contribution >= 4 is 62.4 Å². The van der Waals surface area contributed by atoms with Gasteiger partial charge in [-0.3, -0.25) is 4.79 Å². The molecule has 5 heterocycles.